The Kier molecular flexibility index (Phi) is 46.5. The van der Waals surface area contributed by atoms with Crippen LogP contribution in [0.2, 0.25) is 0 Å². The number of rotatable bonds is 49. The van der Waals surface area contributed by atoms with Crippen LogP contribution in [0.25, 0.3) is 0 Å². The van der Waals surface area contributed by atoms with E-state index in [2.05, 4.69) is 79.9 Å². The van der Waals surface area contributed by atoms with Crippen molar-refractivity contribution in [2.75, 3.05) is 40.9 Å². The zero-order chi connectivity index (χ0) is 48.5. The van der Waals surface area contributed by atoms with E-state index in [9.17, 15) is 19.4 Å². The summed E-state index contributed by atoms with van der Waals surface area (Å²) in [5.41, 5.74) is 0. The second-order valence-electron chi connectivity index (χ2n) is 19.5. The first-order valence-electron chi connectivity index (χ1n) is 27.3. The zero-order valence-electron chi connectivity index (χ0n) is 43.6. The second kappa shape index (κ2) is 48.0. The van der Waals surface area contributed by atoms with Crippen LogP contribution in [0.1, 0.15) is 232 Å². The molecule has 3 atom stereocenters. The fraction of sp³-hybridized carbons (Fsp3) is 0.772. The molecule has 66 heavy (non-hydrogen) atoms. The molecule has 9 heteroatoms. The van der Waals surface area contributed by atoms with Gasteiger partial charge in [0.1, 0.15) is 13.2 Å². The number of aliphatic hydroxyl groups excluding tert-OH is 1. The number of allylic oxidation sites excluding steroid dienone is 11. The molecule has 0 rings (SSSR count). The molecule has 0 aliphatic rings. The Morgan fingerprint density at radius 3 is 1.41 bits per heavy atom. The molecule has 0 saturated heterocycles. The van der Waals surface area contributed by atoms with E-state index < -0.39 is 26.6 Å². The highest BCUT2D eigenvalue weighted by atomic mass is 31.2. The number of phosphoric ester groups is 1. The summed E-state index contributed by atoms with van der Waals surface area (Å²) in [4.78, 5) is 25.4. The summed E-state index contributed by atoms with van der Waals surface area (Å²) in [5, 5.41) is 13.8. The number of hydrogen-bond acceptors (Lipinski definition) is 6. The summed E-state index contributed by atoms with van der Waals surface area (Å²) < 4.78 is 23.3. The van der Waals surface area contributed by atoms with E-state index in [1.807, 2.05) is 27.2 Å². The van der Waals surface area contributed by atoms with Crippen molar-refractivity contribution in [1.82, 2.24) is 5.32 Å². The Morgan fingerprint density at radius 1 is 0.545 bits per heavy atom. The van der Waals surface area contributed by atoms with Crippen molar-refractivity contribution in [3.63, 3.8) is 0 Å². The molecule has 3 unspecified atom stereocenters. The Hall–Kier alpha value is -2.06. The van der Waals surface area contributed by atoms with Crippen molar-refractivity contribution >= 4 is 13.7 Å². The third kappa shape index (κ3) is 49.8. The average Bonchev–Trinajstić information content (AvgIpc) is 3.28. The van der Waals surface area contributed by atoms with Crippen molar-refractivity contribution in [2.24, 2.45) is 0 Å². The number of carbonyl (C=O) groups is 1. The fourth-order valence-electron chi connectivity index (χ4n) is 7.63. The van der Waals surface area contributed by atoms with Crippen LogP contribution in [0.5, 0.6) is 0 Å². The molecule has 0 heterocycles. The van der Waals surface area contributed by atoms with Gasteiger partial charge in [-0.1, -0.05) is 228 Å². The predicted octanol–water partition coefficient (Wildman–Crippen LogP) is 15.7. The predicted molar refractivity (Wildman–Crippen MR) is 284 cm³/mol. The SMILES string of the molecule is CC/C=C\C/C=C\C/C=C\C/C=C\CCCCCCCCCCCCCCCCCCCCC(=O)NC(COP(=O)([O-])OCC[N+](C)(C)C)C(O)/C=C/CC/C=C/CCCCCCCCC. The van der Waals surface area contributed by atoms with E-state index >= 15 is 0 Å². The van der Waals surface area contributed by atoms with Gasteiger partial charge in [-0.2, -0.15) is 0 Å². The molecule has 0 aromatic heterocycles. The lowest BCUT2D eigenvalue weighted by molar-refractivity contribution is -0.870. The highest BCUT2D eigenvalue weighted by Gasteiger charge is 2.23. The number of nitrogens with zero attached hydrogens (tertiary/aromatic N) is 1. The van der Waals surface area contributed by atoms with Gasteiger partial charge < -0.3 is 28.8 Å². The summed E-state index contributed by atoms with van der Waals surface area (Å²) >= 11 is 0. The van der Waals surface area contributed by atoms with Crippen LogP contribution in [-0.4, -0.2) is 68.5 Å². The highest BCUT2D eigenvalue weighted by molar-refractivity contribution is 7.45. The van der Waals surface area contributed by atoms with Crippen LogP contribution >= 0.6 is 7.82 Å². The van der Waals surface area contributed by atoms with Gasteiger partial charge in [0.15, 0.2) is 0 Å². The molecule has 0 aromatic carbocycles. The van der Waals surface area contributed by atoms with Crippen molar-refractivity contribution in [3.05, 3.63) is 72.9 Å². The summed E-state index contributed by atoms with van der Waals surface area (Å²) in [7, 11) is 1.24. The van der Waals surface area contributed by atoms with Crippen LogP contribution in [0.3, 0.4) is 0 Å². The van der Waals surface area contributed by atoms with Crippen molar-refractivity contribution in [2.45, 2.75) is 244 Å². The number of amides is 1. The molecule has 2 N–H and O–H groups in total. The van der Waals surface area contributed by atoms with Gasteiger partial charge >= 0.3 is 0 Å². The number of carbonyl (C=O) groups excluding carboxylic acids is 1. The molecule has 0 saturated carbocycles. The van der Waals surface area contributed by atoms with E-state index in [-0.39, 0.29) is 12.5 Å². The van der Waals surface area contributed by atoms with Gasteiger partial charge in [0, 0.05) is 6.42 Å². The third-order valence-electron chi connectivity index (χ3n) is 11.9. The summed E-state index contributed by atoms with van der Waals surface area (Å²) in [5.74, 6) is -0.208. The first kappa shape index (κ1) is 63.9. The van der Waals surface area contributed by atoms with Gasteiger partial charge in [-0.25, -0.2) is 0 Å². The maximum Gasteiger partial charge on any atom is 0.268 e. The molecule has 0 aromatic rings. The van der Waals surface area contributed by atoms with Crippen LogP contribution in [0.4, 0.5) is 0 Å². The Balaban J connectivity index is 4.09. The average molecular weight is 945 g/mol. The van der Waals surface area contributed by atoms with Crippen molar-refractivity contribution < 1.29 is 32.9 Å². The molecule has 8 nitrogen and oxygen atoms in total. The van der Waals surface area contributed by atoms with E-state index in [4.69, 9.17) is 9.05 Å². The Labute approximate surface area is 408 Å². The quantitative estimate of drug-likeness (QED) is 0.0272. The smallest absolute Gasteiger partial charge is 0.268 e. The van der Waals surface area contributed by atoms with E-state index in [0.717, 1.165) is 64.2 Å². The Bertz CT molecular complexity index is 1300. The molecule has 0 spiro atoms. The molecular weight excluding hydrogens is 840 g/mol. The number of quaternary nitrogens is 1. The highest BCUT2D eigenvalue weighted by Crippen LogP contribution is 2.38. The lowest BCUT2D eigenvalue weighted by atomic mass is 10.0. The lowest BCUT2D eigenvalue weighted by Crippen LogP contribution is -2.45. The van der Waals surface area contributed by atoms with Gasteiger partial charge in [-0.05, 0) is 70.6 Å². The van der Waals surface area contributed by atoms with Crippen LogP contribution in [-0.2, 0) is 18.4 Å². The first-order chi connectivity index (χ1) is 32.0. The number of unbranched alkanes of at least 4 members (excludes halogenated alkanes) is 26. The van der Waals surface area contributed by atoms with Gasteiger partial charge in [-0.3, -0.25) is 9.36 Å². The van der Waals surface area contributed by atoms with Gasteiger partial charge in [0.2, 0.25) is 5.91 Å². The van der Waals surface area contributed by atoms with Crippen LogP contribution in [0.15, 0.2) is 72.9 Å². The van der Waals surface area contributed by atoms with E-state index in [1.54, 1.807) is 6.08 Å². The van der Waals surface area contributed by atoms with Crippen molar-refractivity contribution in [1.29, 1.82) is 0 Å². The fourth-order valence-corrected chi connectivity index (χ4v) is 8.35. The largest absolute Gasteiger partial charge is 0.756 e. The number of likely N-dealkylation sites (N-methyl/N-ethyl adjacent to an activating group) is 1. The molecule has 0 radical (unpaired) electrons. The zero-order valence-corrected chi connectivity index (χ0v) is 44.5. The van der Waals surface area contributed by atoms with Crippen LogP contribution in [0, 0.1) is 0 Å². The standard InChI is InChI=1S/C57H105N2O6P/c1-6-8-10-12-14-16-18-20-21-22-23-24-25-26-27-28-29-30-31-32-33-34-35-36-37-39-41-43-45-47-49-51-57(61)58-55(54-65-66(62,63)64-53-52-59(3,4)5)56(60)50-48-46-44-42-40-38-19-17-15-13-11-9-7-2/h8,10,14,16,20-21,23-24,40,42,48,50,55-56,60H,6-7,9,11-13,15,17-19,22,25-39,41,43-47,49,51-54H2,1-5H3,(H-,58,61,62,63)/b10-8-,16-14-,21-20-,24-23-,42-40+,50-48+. The summed E-state index contributed by atoms with van der Waals surface area (Å²) in [6.45, 7) is 4.50. The van der Waals surface area contributed by atoms with Gasteiger partial charge in [0.25, 0.3) is 7.82 Å². The lowest BCUT2D eigenvalue weighted by Gasteiger charge is -2.29. The van der Waals surface area contributed by atoms with E-state index in [1.165, 1.54) is 148 Å². The minimum absolute atomic E-state index is 0.00760. The topological polar surface area (TPSA) is 108 Å². The number of aliphatic hydroxyl groups is 1. The molecule has 0 aliphatic heterocycles. The summed E-state index contributed by atoms with van der Waals surface area (Å²) in [6, 6.07) is -0.904. The number of nitrogens with one attached hydrogen (secondary N) is 1. The van der Waals surface area contributed by atoms with Gasteiger partial charge in [0.05, 0.1) is 39.9 Å². The molecule has 1 amide bonds. The normalized spacial score (nSPS) is 14.6. The number of phosphoric acid groups is 1. The monoisotopic (exact) mass is 945 g/mol. The molecular formula is C57H105N2O6P. The molecule has 0 aliphatic carbocycles. The van der Waals surface area contributed by atoms with Crippen molar-refractivity contribution in [3.8, 4) is 0 Å². The molecule has 0 bridgehead atoms. The Morgan fingerprint density at radius 2 is 0.939 bits per heavy atom. The molecule has 384 valence electrons. The second-order valence-corrected chi connectivity index (χ2v) is 21.0. The minimum atomic E-state index is -4.60. The van der Waals surface area contributed by atoms with E-state index in [0.29, 0.717) is 17.4 Å². The maximum atomic E-state index is 12.9. The van der Waals surface area contributed by atoms with Gasteiger partial charge in [-0.15, -0.1) is 0 Å². The maximum absolute atomic E-state index is 12.9. The van der Waals surface area contributed by atoms with Crippen LogP contribution < -0.4 is 10.2 Å². The first-order valence-corrected chi connectivity index (χ1v) is 28.8. The summed E-state index contributed by atoms with van der Waals surface area (Å²) in [6.07, 6.45) is 65.5. The number of hydrogen-bond donors (Lipinski definition) is 2. The third-order valence-corrected chi connectivity index (χ3v) is 12.9. The molecule has 0 fully saturated rings. The minimum Gasteiger partial charge on any atom is -0.756 e.